The highest BCUT2D eigenvalue weighted by Crippen LogP contribution is 2.30. The van der Waals surface area contributed by atoms with E-state index in [1.54, 1.807) is 24.5 Å². The van der Waals surface area contributed by atoms with Crippen LogP contribution in [0.2, 0.25) is 0 Å². The molecule has 1 amide bonds. The molecule has 1 fully saturated rings. The number of carbonyl (C=O) groups excluding carboxylic acids is 1. The van der Waals surface area contributed by atoms with Crippen molar-refractivity contribution in [3.8, 4) is 11.6 Å². The summed E-state index contributed by atoms with van der Waals surface area (Å²) in [6, 6.07) is 7.12. The molecule has 30 heavy (non-hydrogen) atoms. The molecule has 0 radical (unpaired) electrons. The van der Waals surface area contributed by atoms with Crippen LogP contribution in [0.1, 0.15) is 21.6 Å². The molecule has 1 saturated heterocycles. The molecule has 4 rings (SSSR count). The predicted octanol–water partition coefficient (Wildman–Crippen LogP) is 2.10. The van der Waals surface area contributed by atoms with Crippen molar-refractivity contribution in [1.82, 2.24) is 19.9 Å². The van der Waals surface area contributed by atoms with Crippen molar-refractivity contribution < 1.29 is 9.53 Å². The molecular weight excluding hydrogens is 382 g/mol. The zero-order valence-electron chi connectivity index (χ0n) is 16.9. The molecule has 0 aliphatic carbocycles. The van der Waals surface area contributed by atoms with Crippen LogP contribution in [-0.4, -0.2) is 52.0 Å². The van der Waals surface area contributed by atoms with Crippen LogP contribution in [-0.2, 0) is 0 Å². The van der Waals surface area contributed by atoms with E-state index in [1.165, 1.54) is 6.33 Å². The largest absolute Gasteiger partial charge is 0.437 e. The van der Waals surface area contributed by atoms with Crippen molar-refractivity contribution >= 4 is 17.5 Å². The van der Waals surface area contributed by atoms with Gasteiger partial charge in [-0.3, -0.25) is 9.78 Å². The van der Waals surface area contributed by atoms with Gasteiger partial charge in [-0.15, -0.1) is 0 Å². The van der Waals surface area contributed by atoms with Gasteiger partial charge < -0.3 is 20.3 Å². The van der Waals surface area contributed by atoms with Gasteiger partial charge in [0.15, 0.2) is 5.75 Å². The van der Waals surface area contributed by atoms with E-state index in [0.29, 0.717) is 36.1 Å². The lowest BCUT2D eigenvalue weighted by Crippen LogP contribution is -2.48. The van der Waals surface area contributed by atoms with Crippen LogP contribution in [0.5, 0.6) is 11.6 Å². The first kappa shape index (κ1) is 19.6. The highest BCUT2D eigenvalue weighted by Gasteiger charge is 2.24. The summed E-state index contributed by atoms with van der Waals surface area (Å²) < 4.78 is 5.99. The summed E-state index contributed by atoms with van der Waals surface area (Å²) in [4.78, 5) is 33.4. The maximum absolute atomic E-state index is 11.7. The van der Waals surface area contributed by atoms with Crippen molar-refractivity contribution in [1.29, 1.82) is 0 Å². The summed E-state index contributed by atoms with van der Waals surface area (Å²) in [6.45, 7) is 6.67. The fourth-order valence-corrected chi connectivity index (χ4v) is 3.50. The monoisotopic (exact) mass is 405 g/mol. The molecular formula is C21H23N7O2. The number of hydrogen-bond donors (Lipinski definition) is 1. The average molecular weight is 405 g/mol. The van der Waals surface area contributed by atoms with Gasteiger partial charge in [0.25, 0.3) is 5.91 Å². The lowest BCUT2D eigenvalue weighted by molar-refractivity contribution is 0.100. The summed E-state index contributed by atoms with van der Waals surface area (Å²) in [5, 5.41) is 0. The Balaban J connectivity index is 1.51. The van der Waals surface area contributed by atoms with E-state index in [0.717, 1.165) is 30.2 Å². The van der Waals surface area contributed by atoms with Gasteiger partial charge in [0.05, 0.1) is 16.8 Å². The Labute approximate surface area is 174 Å². The highest BCUT2D eigenvalue weighted by molar-refractivity contribution is 5.97. The molecule has 0 spiro atoms. The van der Waals surface area contributed by atoms with Crippen molar-refractivity contribution in [3.05, 3.63) is 59.8 Å². The van der Waals surface area contributed by atoms with E-state index in [-0.39, 0.29) is 0 Å². The molecule has 154 valence electrons. The molecule has 3 aromatic heterocycles. The quantitative estimate of drug-likeness (QED) is 0.687. The minimum atomic E-state index is -0.473. The van der Waals surface area contributed by atoms with Crippen molar-refractivity contribution in [2.45, 2.75) is 13.8 Å². The first-order chi connectivity index (χ1) is 14.5. The molecule has 1 aliphatic rings. The zero-order chi connectivity index (χ0) is 21.1. The Morgan fingerprint density at radius 1 is 0.933 bits per heavy atom. The number of nitrogens with two attached hydrogens (primary N) is 1. The maximum Gasteiger partial charge on any atom is 0.252 e. The third kappa shape index (κ3) is 3.86. The lowest BCUT2D eigenvalue weighted by atomic mass is 10.2. The van der Waals surface area contributed by atoms with E-state index >= 15 is 0 Å². The Morgan fingerprint density at radius 3 is 2.30 bits per heavy atom. The SMILES string of the molecule is Cc1ncccc1Oc1ncnc(N2CCN(c3ncccc3C(N)=O)CC2)c1C. The van der Waals surface area contributed by atoms with Crippen LogP contribution in [0.3, 0.4) is 0 Å². The fraction of sp³-hybridized carbons (Fsp3) is 0.286. The minimum Gasteiger partial charge on any atom is -0.437 e. The Kier molecular flexibility index (Phi) is 5.42. The van der Waals surface area contributed by atoms with Crippen molar-refractivity contribution in [3.63, 3.8) is 0 Å². The lowest BCUT2D eigenvalue weighted by Gasteiger charge is -2.37. The second kappa shape index (κ2) is 8.32. The molecule has 3 aromatic rings. The molecule has 0 aromatic carbocycles. The van der Waals surface area contributed by atoms with Crippen molar-refractivity contribution in [2.75, 3.05) is 36.0 Å². The van der Waals surface area contributed by atoms with Crippen molar-refractivity contribution in [2.24, 2.45) is 5.73 Å². The van der Waals surface area contributed by atoms with E-state index in [1.807, 2.05) is 26.0 Å². The van der Waals surface area contributed by atoms with Gasteiger partial charge in [0.2, 0.25) is 5.88 Å². The third-order valence-electron chi connectivity index (χ3n) is 5.11. The summed E-state index contributed by atoms with van der Waals surface area (Å²) >= 11 is 0. The number of pyridine rings is 2. The first-order valence-electron chi connectivity index (χ1n) is 9.70. The zero-order valence-corrected chi connectivity index (χ0v) is 16.9. The number of aromatic nitrogens is 4. The Hall–Kier alpha value is -3.75. The molecule has 0 unspecified atom stereocenters. The van der Waals surface area contributed by atoms with Gasteiger partial charge in [-0.25, -0.2) is 15.0 Å². The van der Waals surface area contributed by atoms with Gasteiger partial charge in [-0.2, -0.15) is 0 Å². The van der Waals surface area contributed by atoms with E-state index in [9.17, 15) is 4.79 Å². The number of piperazine rings is 1. The number of primary amides is 1. The molecule has 0 atom stereocenters. The summed E-state index contributed by atoms with van der Waals surface area (Å²) in [6.07, 6.45) is 4.91. The number of hydrogen-bond acceptors (Lipinski definition) is 8. The van der Waals surface area contributed by atoms with Crippen LogP contribution in [0.4, 0.5) is 11.6 Å². The molecule has 9 heteroatoms. The summed E-state index contributed by atoms with van der Waals surface area (Å²) in [5.41, 5.74) is 7.60. The Bertz CT molecular complexity index is 1060. The number of carbonyl (C=O) groups is 1. The first-order valence-corrected chi connectivity index (χ1v) is 9.70. The summed E-state index contributed by atoms with van der Waals surface area (Å²) in [7, 11) is 0. The number of ether oxygens (including phenoxy) is 1. The molecule has 0 saturated carbocycles. The highest BCUT2D eigenvalue weighted by atomic mass is 16.5. The van der Waals surface area contributed by atoms with Gasteiger partial charge in [-0.1, -0.05) is 0 Å². The number of rotatable bonds is 5. The smallest absolute Gasteiger partial charge is 0.252 e. The standard InChI is InChI=1S/C21H23N7O2/c1-14-19(25-13-26-21(14)30-17-6-4-7-23-15(17)2)27-9-11-28(12-10-27)20-16(18(22)29)5-3-8-24-20/h3-8,13H,9-12H2,1-2H3,(H2,22,29). The topological polar surface area (TPSA) is 110 Å². The predicted molar refractivity (Wildman–Crippen MR) is 113 cm³/mol. The maximum atomic E-state index is 11.7. The number of anilines is 2. The van der Waals surface area contributed by atoms with E-state index in [4.69, 9.17) is 10.5 Å². The molecule has 1 aliphatic heterocycles. The van der Waals surface area contributed by atoms with Crippen LogP contribution in [0.15, 0.2) is 43.0 Å². The molecule has 2 N–H and O–H groups in total. The number of amides is 1. The second-order valence-electron chi connectivity index (χ2n) is 7.03. The minimum absolute atomic E-state index is 0.437. The Morgan fingerprint density at radius 2 is 1.60 bits per heavy atom. The van der Waals surface area contributed by atoms with Crippen LogP contribution in [0.25, 0.3) is 0 Å². The van der Waals surface area contributed by atoms with Crippen LogP contribution >= 0.6 is 0 Å². The number of aryl methyl sites for hydroxylation is 1. The van der Waals surface area contributed by atoms with Gasteiger partial charge in [0, 0.05) is 38.6 Å². The van der Waals surface area contributed by atoms with Crippen LogP contribution in [0, 0.1) is 13.8 Å². The molecule has 0 bridgehead atoms. The summed E-state index contributed by atoms with van der Waals surface area (Å²) in [5.74, 6) is 2.17. The van der Waals surface area contributed by atoms with Gasteiger partial charge >= 0.3 is 0 Å². The fourth-order valence-electron chi connectivity index (χ4n) is 3.50. The average Bonchev–Trinajstić information content (AvgIpc) is 2.77. The molecule has 9 nitrogen and oxygen atoms in total. The van der Waals surface area contributed by atoms with Gasteiger partial charge in [0.1, 0.15) is 18.0 Å². The third-order valence-corrected chi connectivity index (χ3v) is 5.11. The van der Waals surface area contributed by atoms with E-state index in [2.05, 4.69) is 29.7 Å². The van der Waals surface area contributed by atoms with E-state index < -0.39 is 5.91 Å². The second-order valence-corrected chi connectivity index (χ2v) is 7.03. The van der Waals surface area contributed by atoms with Gasteiger partial charge in [-0.05, 0) is 38.1 Å². The normalized spacial score (nSPS) is 13.9. The molecule has 4 heterocycles. The van der Waals surface area contributed by atoms with Crippen LogP contribution < -0.4 is 20.3 Å². The number of nitrogens with zero attached hydrogens (tertiary/aromatic N) is 6.